The Balaban J connectivity index is 1.36. The van der Waals surface area contributed by atoms with Gasteiger partial charge < -0.3 is 14.5 Å². The Morgan fingerprint density at radius 2 is 1.74 bits per heavy atom. The van der Waals surface area contributed by atoms with E-state index in [0.29, 0.717) is 32.0 Å². The Morgan fingerprint density at radius 3 is 2.41 bits per heavy atom. The lowest BCUT2D eigenvalue weighted by Crippen LogP contribution is -2.44. The van der Waals surface area contributed by atoms with Crippen molar-refractivity contribution in [3.63, 3.8) is 0 Å². The molecule has 1 aliphatic heterocycles. The third-order valence-corrected chi connectivity index (χ3v) is 5.91. The molecule has 1 aromatic rings. The summed E-state index contributed by atoms with van der Waals surface area (Å²) in [5, 5.41) is 0. The lowest BCUT2D eigenvalue weighted by molar-refractivity contribution is -0.140. The number of carbonyl (C=O) groups excluding carboxylic acids is 2. The van der Waals surface area contributed by atoms with Gasteiger partial charge in [0.25, 0.3) is 0 Å². The fourth-order valence-electron chi connectivity index (χ4n) is 4.29. The summed E-state index contributed by atoms with van der Waals surface area (Å²) in [6, 6.07) is 9.56. The third kappa shape index (κ3) is 5.72. The van der Waals surface area contributed by atoms with E-state index in [1.165, 1.54) is 25.7 Å². The molecule has 0 aromatic heterocycles. The van der Waals surface area contributed by atoms with Crippen LogP contribution < -0.4 is 4.74 Å². The van der Waals surface area contributed by atoms with Crippen molar-refractivity contribution in [1.29, 1.82) is 0 Å². The van der Waals surface area contributed by atoms with Crippen LogP contribution in [0.3, 0.4) is 0 Å². The molecule has 148 valence electrons. The normalized spacial score (nSPS) is 18.5. The summed E-state index contributed by atoms with van der Waals surface area (Å²) in [6.07, 6.45) is 7.07. The topological polar surface area (TPSA) is 49.9 Å². The molecular formula is C22H32N2O3. The van der Waals surface area contributed by atoms with Gasteiger partial charge in [0.2, 0.25) is 11.8 Å². The second-order valence-corrected chi connectivity index (χ2v) is 7.94. The van der Waals surface area contributed by atoms with E-state index in [9.17, 15) is 9.59 Å². The van der Waals surface area contributed by atoms with E-state index in [4.69, 9.17) is 4.74 Å². The van der Waals surface area contributed by atoms with Crippen molar-refractivity contribution >= 4 is 11.8 Å². The lowest BCUT2D eigenvalue weighted by atomic mass is 9.94. The Kier molecular flexibility index (Phi) is 7.13. The molecule has 0 unspecified atom stereocenters. The molecule has 1 heterocycles. The van der Waals surface area contributed by atoms with E-state index in [2.05, 4.69) is 0 Å². The molecule has 5 heteroatoms. The van der Waals surface area contributed by atoms with Gasteiger partial charge in [0, 0.05) is 32.6 Å². The van der Waals surface area contributed by atoms with E-state index in [1.54, 1.807) is 0 Å². The summed E-state index contributed by atoms with van der Waals surface area (Å²) in [7, 11) is 1.94. The molecule has 0 spiro atoms. The number of piperidine rings is 1. The van der Waals surface area contributed by atoms with Crippen LogP contribution in [0.25, 0.3) is 0 Å². The maximum atomic E-state index is 12.7. The summed E-state index contributed by atoms with van der Waals surface area (Å²) in [6.45, 7) is 2.65. The third-order valence-electron chi connectivity index (χ3n) is 5.91. The van der Waals surface area contributed by atoms with Crippen LogP contribution in [0.5, 0.6) is 5.75 Å². The van der Waals surface area contributed by atoms with E-state index < -0.39 is 0 Å². The van der Waals surface area contributed by atoms with Gasteiger partial charge in [-0.25, -0.2) is 0 Å². The molecule has 0 N–H and O–H groups in total. The molecule has 3 rings (SSSR count). The summed E-state index contributed by atoms with van der Waals surface area (Å²) in [5.74, 6) is 1.93. The van der Waals surface area contributed by atoms with E-state index in [0.717, 1.165) is 25.1 Å². The summed E-state index contributed by atoms with van der Waals surface area (Å²) in [4.78, 5) is 28.9. The quantitative estimate of drug-likeness (QED) is 0.738. The maximum Gasteiger partial charge on any atom is 0.225 e. The number of nitrogens with zero attached hydrogens (tertiary/aromatic N) is 2. The Morgan fingerprint density at radius 1 is 1.07 bits per heavy atom. The SMILES string of the molecule is CN(CC1CCCC1)C(=O)C1CCN(C(=O)CCOc2ccccc2)CC1. The minimum Gasteiger partial charge on any atom is -0.493 e. The van der Waals surface area contributed by atoms with Gasteiger partial charge in [0.1, 0.15) is 5.75 Å². The first-order valence-electron chi connectivity index (χ1n) is 10.3. The van der Waals surface area contributed by atoms with Crippen molar-refractivity contribution in [3.05, 3.63) is 30.3 Å². The van der Waals surface area contributed by atoms with Crippen LogP contribution in [-0.2, 0) is 9.59 Å². The van der Waals surface area contributed by atoms with Gasteiger partial charge in [-0.3, -0.25) is 9.59 Å². The molecule has 2 aliphatic rings. The van der Waals surface area contributed by atoms with Crippen molar-refractivity contribution in [2.24, 2.45) is 11.8 Å². The first-order chi connectivity index (χ1) is 13.1. The Bertz CT molecular complexity index is 605. The van der Waals surface area contributed by atoms with Crippen molar-refractivity contribution in [2.75, 3.05) is 33.3 Å². The first-order valence-corrected chi connectivity index (χ1v) is 10.3. The number of carbonyl (C=O) groups is 2. The molecular weight excluding hydrogens is 340 g/mol. The zero-order valence-electron chi connectivity index (χ0n) is 16.4. The number of ether oxygens (including phenoxy) is 1. The van der Waals surface area contributed by atoms with Gasteiger partial charge in [0.15, 0.2) is 0 Å². The highest BCUT2D eigenvalue weighted by Crippen LogP contribution is 2.26. The number of para-hydroxylation sites is 1. The highest BCUT2D eigenvalue weighted by molar-refractivity contribution is 5.80. The lowest BCUT2D eigenvalue weighted by Gasteiger charge is -2.34. The average Bonchev–Trinajstić information content (AvgIpc) is 3.21. The predicted molar refractivity (Wildman–Crippen MR) is 105 cm³/mol. The fraction of sp³-hybridized carbons (Fsp3) is 0.636. The molecule has 1 saturated carbocycles. The highest BCUT2D eigenvalue weighted by atomic mass is 16.5. The first kappa shape index (κ1) is 19.7. The van der Waals surface area contributed by atoms with Crippen molar-refractivity contribution in [2.45, 2.75) is 44.9 Å². The number of amides is 2. The van der Waals surface area contributed by atoms with Gasteiger partial charge in [-0.2, -0.15) is 0 Å². The minimum atomic E-state index is 0.0704. The Labute approximate surface area is 162 Å². The maximum absolute atomic E-state index is 12.7. The van der Waals surface area contributed by atoms with Crippen molar-refractivity contribution in [3.8, 4) is 5.75 Å². The smallest absolute Gasteiger partial charge is 0.225 e. The number of benzene rings is 1. The Hall–Kier alpha value is -2.04. The minimum absolute atomic E-state index is 0.0704. The summed E-state index contributed by atoms with van der Waals surface area (Å²) < 4.78 is 5.61. The van der Waals surface area contributed by atoms with Crippen LogP contribution in [0.1, 0.15) is 44.9 Å². The number of hydrogen-bond acceptors (Lipinski definition) is 3. The van der Waals surface area contributed by atoms with Crippen LogP contribution in [0.2, 0.25) is 0 Å². The van der Waals surface area contributed by atoms with Crippen LogP contribution in [0.4, 0.5) is 0 Å². The second kappa shape index (κ2) is 9.77. The standard InChI is InChI=1S/C22H32N2O3/c1-23(17-18-7-5-6-8-18)22(26)19-11-14-24(15-12-19)21(25)13-16-27-20-9-3-2-4-10-20/h2-4,9-10,18-19H,5-8,11-17H2,1H3. The van der Waals surface area contributed by atoms with Gasteiger partial charge in [-0.1, -0.05) is 31.0 Å². The molecule has 0 radical (unpaired) electrons. The van der Waals surface area contributed by atoms with Gasteiger partial charge in [0.05, 0.1) is 13.0 Å². The predicted octanol–water partition coefficient (Wildman–Crippen LogP) is 3.34. The summed E-state index contributed by atoms with van der Waals surface area (Å²) in [5.41, 5.74) is 0. The van der Waals surface area contributed by atoms with Crippen LogP contribution in [-0.4, -0.2) is 54.9 Å². The molecule has 5 nitrogen and oxygen atoms in total. The second-order valence-electron chi connectivity index (χ2n) is 7.94. The van der Waals surface area contributed by atoms with Gasteiger partial charge in [-0.15, -0.1) is 0 Å². The number of hydrogen-bond donors (Lipinski definition) is 0. The van der Waals surface area contributed by atoms with Gasteiger partial charge in [-0.05, 0) is 43.7 Å². The van der Waals surface area contributed by atoms with Crippen LogP contribution in [0.15, 0.2) is 30.3 Å². The molecule has 1 aliphatic carbocycles. The van der Waals surface area contributed by atoms with Crippen molar-refractivity contribution < 1.29 is 14.3 Å². The molecule has 0 bridgehead atoms. The summed E-state index contributed by atoms with van der Waals surface area (Å²) >= 11 is 0. The van der Waals surface area contributed by atoms with Crippen LogP contribution >= 0.6 is 0 Å². The molecule has 2 fully saturated rings. The van der Waals surface area contributed by atoms with E-state index >= 15 is 0 Å². The number of likely N-dealkylation sites (tertiary alicyclic amines) is 1. The van der Waals surface area contributed by atoms with Crippen molar-refractivity contribution in [1.82, 2.24) is 9.80 Å². The molecule has 1 aromatic carbocycles. The van der Waals surface area contributed by atoms with Gasteiger partial charge >= 0.3 is 0 Å². The van der Waals surface area contributed by atoms with Crippen LogP contribution in [0, 0.1) is 11.8 Å². The number of rotatable bonds is 7. The monoisotopic (exact) mass is 372 g/mol. The van der Waals surface area contributed by atoms with E-state index in [1.807, 2.05) is 47.2 Å². The largest absolute Gasteiger partial charge is 0.493 e. The molecule has 1 saturated heterocycles. The molecule has 0 atom stereocenters. The zero-order valence-corrected chi connectivity index (χ0v) is 16.4. The molecule has 27 heavy (non-hydrogen) atoms. The van der Waals surface area contributed by atoms with E-state index in [-0.39, 0.29) is 17.7 Å². The zero-order chi connectivity index (χ0) is 19.1. The average molecular weight is 373 g/mol. The fourth-order valence-corrected chi connectivity index (χ4v) is 4.29. The highest BCUT2D eigenvalue weighted by Gasteiger charge is 2.30. The molecule has 2 amide bonds.